The van der Waals surface area contributed by atoms with Gasteiger partial charge >= 0.3 is 0 Å². The van der Waals surface area contributed by atoms with E-state index in [9.17, 15) is 9.59 Å². The first kappa shape index (κ1) is 15.1. The van der Waals surface area contributed by atoms with Crippen LogP contribution < -0.4 is 20.3 Å². The van der Waals surface area contributed by atoms with Gasteiger partial charge < -0.3 is 19.4 Å². The number of hydrogen-bond acceptors (Lipinski definition) is 5. The quantitative estimate of drug-likeness (QED) is 0.923. The van der Waals surface area contributed by atoms with Gasteiger partial charge in [-0.15, -0.1) is 0 Å². The first-order valence-electron chi connectivity index (χ1n) is 7.26. The monoisotopic (exact) mass is 315 g/mol. The second-order valence-corrected chi connectivity index (χ2v) is 5.17. The van der Waals surface area contributed by atoms with Gasteiger partial charge in [0.15, 0.2) is 0 Å². The van der Waals surface area contributed by atoms with E-state index in [4.69, 9.17) is 9.47 Å². The van der Waals surface area contributed by atoms with E-state index in [0.29, 0.717) is 41.5 Å². The lowest BCUT2D eigenvalue weighted by Gasteiger charge is -2.14. The van der Waals surface area contributed by atoms with Crippen LogP contribution in [0.2, 0.25) is 0 Å². The molecule has 23 heavy (non-hydrogen) atoms. The fourth-order valence-electron chi connectivity index (χ4n) is 2.75. The highest BCUT2D eigenvalue weighted by atomic mass is 16.5. The molecule has 2 aromatic heterocycles. The van der Waals surface area contributed by atoms with E-state index in [0.717, 1.165) is 6.42 Å². The molecule has 1 aliphatic rings. The number of methoxy groups -OCH3 is 2. The highest BCUT2D eigenvalue weighted by Gasteiger charge is 2.25. The van der Waals surface area contributed by atoms with Crippen LogP contribution in [-0.2, 0) is 13.0 Å². The van der Waals surface area contributed by atoms with Crippen LogP contribution in [0.3, 0.4) is 0 Å². The number of anilines is 1. The summed E-state index contributed by atoms with van der Waals surface area (Å²) in [5.41, 5.74) is 1.52. The summed E-state index contributed by atoms with van der Waals surface area (Å²) in [7, 11) is 2.98. The number of aromatic nitrogens is 2. The van der Waals surface area contributed by atoms with Crippen LogP contribution in [0.5, 0.6) is 11.6 Å². The maximum Gasteiger partial charge on any atom is 0.261 e. The molecule has 1 N–H and O–H groups in total. The van der Waals surface area contributed by atoms with Gasteiger partial charge in [0.25, 0.3) is 11.5 Å². The predicted molar refractivity (Wildman–Crippen MR) is 84.3 cm³/mol. The lowest BCUT2D eigenvalue weighted by atomic mass is 10.1. The highest BCUT2D eigenvalue weighted by molar-refractivity contribution is 6.07. The minimum atomic E-state index is -0.320. The van der Waals surface area contributed by atoms with E-state index >= 15 is 0 Å². The fraction of sp³-hybridized carbons (Fsp3) is 0.312. The molecule has 0 bridgehead atoms. The molecule has 7 heteroatoms. The van der Waals surface area contributed by atoms with Crippen LogP contribution in [-0.4, -0.2) is 29.7 Å². The smallest absolute Gasteiger partial charge is 0.261 e. The van der Waals surface area contributed by atoms with Gasteiger partial charge in [-0.3, -0.25) is 9.59 Å². The molecule has 1 amide bonds. The Morgan fingerprint density at radius 1 is 1.30 bits per heavy atom. The summed E-state index contributed by atoms with van der Waals surface area (Å²) in [4.78, 5) is 28.7. The van der Waals surface area contributed by atoms with Crippen molar-refractivity contribution in [3.63, 3.8) is 0 Å². The van der Waals surface area contributed by atoms with Gasteiger partial charge in [-0.25, -0.2) is 4.98 Å². The van der Waals surface area contributed by atoms with Crippen molar-refractivity contribution < 1.29 is 14.3 Å². The molecule has 0 spiro atoms. The van der Waals surface area contributed by atoms with Gasteiger partial charge in [-0.1, -0.05) is 0 Å². The van der Waals surface area contributed by atoms with Crippen molar-refractivity contribution >= 4 is 11.6 Å². The zero-order valence-corrected chi connectivity index (χ0v) is 13.0. The molecule has 0 fully saturated rings. The normalized spacial score (nSPS) is 12.6. The second kappa shape index (κ2) is 6.12. The molecular formula is C16H17N3O4. The maximum absolute atomic E-state index is 12.7. The van der Waals surface area contributed by atoms with Gasteiger partial charge in [-0.2, -0.15) is 0 Å². The average molecular weight is 315 g/mol. The Morgan fingerprint density at radius 3 is 2.78 bits per heavy atom. The van der Waals surface area contributed by atoms with Crippen molar-refractivity contribution in [2.75, 3.05) is 19.5 Å². The number of hydrogen-bond donors (Lipinski definition) is 1. The molecule has 0 unspecified atom stereocenters. The van der Waals surface area contributed by atoms with E-state index in [2.05, 4.69) is 10.3 Å². The van der Waals surface area contributed by atoms with Crippen molar-refractivity contribution in [1.82, 2.24) is 9.55 Å². The fourth-order valence-corrected chi connectivity index (χ4v) is 2.75. The number of carbonyl (C=O) groups is 1. The zero-order valence-electron chi connectivity index (χ0n) is 13.0. The first-order valence-corrected chi connectivity index (χ1v) is 7.26. The Hall–Kier alpha value is -2.83. The SMILES string of the molecule is COc1ccc(NC(=O)c2c(OC)cc(=O)n3c2CCC3)cn1. The number of pyridine rings is 2. The highest BCUT2D eigenvalue weighted by Crippen LogP contribution is 2.26. The molecule has 3 rings (SSSR count). The molecule has 0 atom stereocenters. The Labute approximate surface area is 132 Å². The topological polar surface area (TPSA) is 82.5 Å². The van der Waals surface area contributed by atoms with E-state index in [-0.39, 0.29) is 11.5 Å². The molecule has 3 heterocycles. The van der Waals surface area contributed by atoms with Gasteiger partial charge in [-0.05, 0) is 18.9 Å². The minimum Gasteiger partial charge on any atom is -0.496 e. The molecule has 120 valence electrons. The number of carbonyl (C=O) groups excluding carboxylic acids is 1. The number of nitrogens with one attached hydrogen (secondary N) is 1. The van der Waals surface area contributed by atoms with Crippen LogP contribution in [0, 0.1) is 0 Å². The first-order chi connectivity index (χ1) is 11.1. The van der Waals surface area contributed by atoms with Crippen LogP contribution in [0.25, 0.3) is 0 Å². The van der Waals surface area contributed by atoms with Crippen molar-refractivity contribution in [3.05, 3.63) is 46.0 Å². The lowest BCUT2D eigenvalue weighted by molar-refractivity contribution is 0.102. The molecule has 2 aromatic rings. The zero-order chi connectivity index (χ0) is 16.4. The maximum atomic E-state index is 12.7. The predicted octanol–water partition coefficient (Wildman–Crippen LogP) is 1.46. The third-order valence-corrected chi connectivity index (χ3v) is 3.83. The summed E-state index contributed by atoms with van der Waals surface area (Å²) in [6.07, 6.45) is 3.03. The van der Waals surface area contributed by atoms with Gasteiger partial charge in [0.2, 0.25) is 5.88 Å². The lowest BCUT2D eigenvalue weighted by Crippen LogP contribution is -2.24. The summed E-state index contributed by atoms with van der Waals surface area (Å²) < 4.78 is 11.9. The minimum absolute atomic E-state index is 0.142. The van der Waals surface area contributed by atoms with E-state index in [1.54, 1.807) is 16.7 Å². The molecule has 0 aliphatic carbocycles. The Bertz CT molecular complexity index is 796. The number of rotatable bonds is 4. The molecular weight excluding hydrogens is 298 g/mol. The van der Waals surface area contributed by atoms with Gasteiger partial charge in [0.05, 0.1) is 26.1 Å². The molecule has 0 saturated carbocycles. The Kier molecular flexibility index (Phi) is 4.01. The Morgan fingerprint density at radius 2 is 2.13 bits per heavy atom. The third-order valence-electron chi connectivity index (χ3n) is 3.83. The molecule has 1 aliphatic heterocycles. The molecule has 0 saturated heterocycles. The largest absolute Gasteiger partial charge is 0.496 e. The molecule has 7 nitrogen and oxygen atoms in total. The average Bonchev–Trinajstić information content (AvgIpc) is 3.05. The standard InChI is InChI=1S/C16H17N3O4/c1-22-12-8-14(20)19-7-3-4-11(19)15(12)16(21)18-10-5-6-13(23-2)17-9-10/h5-6,8-9H,3-4,7H2,1-2H3,(H,18,21). The van der Waals surface area contributed by atoms with Crippen LogP contribution in [0.4, 0.5) is 5.69 Å². The van der Waals surface area contributed by atoms with E-state index in [1.165, 1.54) is 26.5 Å². The number of amides is 1. The van der Waals surface area contributed by atoms with Crippen molar-refractivity contribution in [2.24, 2.45) is 0 Å². The summed E-state index contributed by atoms with van der Waals surface area (Å²) in [6, 6.07) is 4.72. The Balaban J connectivity index is 1.95. The van der Waals surface area contributed by atoms with Crippen LogP contribution in [0.1, 0.15) is 22.5 Å². The van der Waals surface area contributed by atoms with Crippen LogP contribution >= 0.6 is 0 Å². The van der Waals surface area contributed by atoms with Crippen LogP contribution in [0.15, 0.2) is 29.2 Å². The summed E-state index contributed by atoms with van der Waals surface area (Å²) in [5, 5.41) is 2.78. The summed E-state index contributed by atoms with van der Waals surface area (Å²) in [5.74, 6) is 0.439. The number of fused-ring (bicyclic) bond motifs is 1. The summed E-state index contributed by atoms with van der Waals surface area (Å²) >= 11 is 0. The third kappa shape index (κ3) is 2.77. The second-order valence-electron chi connectivity index (χ2n) is 5.17. The van der Waals surface area contributed by atoms with E-state index in [1.807, 2.05) is 0 Å². The van der Waals surface area contributed by atoms with Crippen molar-refractivity contribution in [2.45, 2.75) is 19.4 Å². The number of ether oxygens (including phenoxy) is 2. The van der Waals surface area contributed by atoms with Gasteiger partial charge in [0.1, 0.15) is 11.3 Å². The molecule has 0 radical (unpaired) electrons. The van der Waals surface area contributed by atoms with E-state index < -0.39 is 0 Å². The van der Waals surface area contributed by atoms with Crippen molar-refractivity contribution in [3.8, 4) is 11.6 Å². The number of nitrogens with zero attached hydrogens (tertiary/aromatic N) is 2. The van der Waals surface area contributed by atoms with Crippen molar-refractivity contribution in [1.29, 1.82) is 0 Å². The van der Waals surface area contributed by atoms with Gasteiger partial charge in [0, 0.05) is 24.4 Å². The summed E-state index contributed by atoms with van der Waals surface area (Å²) in [6.45, 7) is 0.628. The molecule has 0 aromatic carbocycles.